The normalized spacial score (nSPS) is 17.9. The van der Waals surface area contributed by atoms with E-state index in [1.54, 1.807) is 13.3 Å². The second kappa shape index (κ2) is 12.4. The summed E-state index contributed by atoms with van der Waals surface area (Å²) >= 11 is 0. The van der Waals surface area contributed by atoms with Gasteiger partial charge in [0.15, 0.2) is 11.5 Å². The van der Waals surface area contributed by atoms with Crippen LogP contribution < -0.4 is 9.47 Å². The Bertz CT molecular complexity index is 1300. The van der Waals surface area contributed by atoms with Crippen molar-refractivity contribution in [2.75, 3.05) is 53.0 Å². The number of ether oxygens (including phenoxy) is 3. The number of aryl methyl sites for hydroxylation is 1. The molecular formula is C33H39N3O4. The lowest BCUT2D eigenvalue weighted by Crippen LogP contribution is -2.48. The van der Waals surface area contributed by atoms with Gasteiger partial charge < -0.3 is 19.1 Å². The Kier molecular flexibility index (Phi) is 8.30. The first-order chi connectivity index (χ1) is 19.7. The summed E-state index contributed by atoms with van der Waals surface area (Å²) in [7, 11) is 1.67. The molecule has 3 fully saturated rings. The van der Waals surface area contributed by atoms with Crippen LogP contribution in [0.4, 0.5) is 0 Å². The predicted molar refractivity (Wildman–Crippen MR) is 154 cm³/mol. The molecule has 7 nitrogen and oxygen atoms in total. The summed E-state index contributed by atoms with van der Waals surface area (Å²) in [6.07, 6.45) is 6.40. The van der Waals surface area contributed by atoms with Gasteiger partial charge in [-0.05, 0) is 84.7 Å². The van der Waals surface area contributed by atoms with Gasteiger partial charge in [0.05, 0.1) is 20.3 Å². The fraction of sp³-hybridized carbons (Fsp3) is 0.455. The molecule has 210 valence electrons. The molecule has 0 spiro atoms. The monoisotopic (exact) mass is 541 g/mol. The highest BCUT2D eigenvalue weighted by Gasteiger charge is 2.33. The first-order valence-corrected chi connectivity index (χ1v) is 14.6. The van der Waals surface area contributed by atoms with Crippen LogP contribution in [0.3, 0.4) is 0 Å². The molecule has 2 aromatic carbocycles. The molecule has 0 radical (unpaired) electrons. The van der Waals surface area contributed by atoms with Gasteiger partial charge in [-0.1, -0.05) is 30.3 Å². The summed E-state index contributed by atoms with van der Waals surface area (Å²) in [6.45, 7) is 6.58. The third-order valence-corrected chi connectivity index (χ3v) is 8.34. The maximum atomic E-state index is 13.1. The van der Waals surface area contributed by atoms with Gasteiger partial charge in [0.2, 0.25) is 0 Å². The van der Waals surface area contributed by atoms with E-state index >= 15 is 0 Å². The van der Waals surface area contributed by atoms with Crippen molar-refractivity contribution in [2.24, 2.45) is 0 Å². The SMILES string of the molecule is COc1cc(C2CN(C(=O)c3cc(CCCN4CCOCC4)ccn3)C2)ccc1OCc1ccc(C2CC2)cc1. The minimum absolute atomic E-state index is 0.00546. The summed E-state index contributed by atoms with van der Waals surface area (Å²) < 4.78 is 17.2. The maximum Gasteiger partial charge on any atom is 0.272 e. The molecule has 3 aromatic rings. The number of benzene rings is 2. The van der Waals surface area contributed by atoms with Gasteiger partial charge in [-0.2, -0.15) is 0 Å². The standard InChI is InChI=1S/C33H39N3O4/c1-38-32-20-28(10-11-31(32)40-23-25-4-6-26(7-5-25)27-8-9-27)29-21-36(22-29)33(37)30-19-24(12-13-34-30)3-2-14-35-15-17-39-18-16-35/h4-7,10-13,19-20,27,29H,2-3,8-9,14-18,21-23H2,1H3. The zero-order valence-corrected chi connectivity index (χ0v) is 23.4. The van der Waals surface area contributed by atoms with Gasteiger partial charge in [0, 0.05) is 38.3 Å². The average Bonchev–Trinajstić information content (AvgIpc) is 3.82. The summed E-state index contributed by atoms with van der Waals surface area (Å²) in [5.74, 6) is 2.50. The van der Waals surface area contributed by atoms with Crippen LogP contribution in [0.2, 0.25) is 0 Å². The van der Waals surface area contributed by atoms with Gasteiger partial charge >= 0.3 is 0 Å². The molecular weight excluding hydrogens is 502 g/mol. The quantitative estimate of drug-likeness (QED) is 0.339. The molecule has 2 aliphatic heterocycles. The molecule has 1 aliphatic carbocycles. The minimum atomic E-state index is 0.00546. The smallest absolute Gasteiger partial charge is 0.272 e. The molecule has 6 rings (SSSR count). The highest BCUT2D eigenvalue weighted by Crippen LogP contribution is 2.40. The number of methoxy groups -OCH3 is 1. The third-order valence-electron chi connectivity index (χ3n) is 8.34. The Labute approximate surface area is 237 Å². The van der Waals surface area contributed by atoms with Crippen molar-refractivity contribution in [1.82, 2.24) is 14.8 Å². The van der Waals surface area contributed by atoms with E-state index in [2.05, 4.69) is 40.2 Å². The molecule has 7 heteroatoms. The van der Waals surface area contributed by atoms with Crippen LogP contribution in [-0.4, -0.2) is 73.7 Å². The summed E-state index contributed by atoms with van der Waals surface area (Å²) in [6, 6.07) is 18.9. The predicted octanol–water partition coefficient (Wildman–Crippen LogP) is 5.05. The highest BCUT2D eigenvalue weighted by molar-refractivity contribution is 5.93. The van der Waals surface area contributed by atoms with Crippen LogP contribution in [0.15, 0.2) is 60.8 Å². The second-order valence-corrected chi connectivity index (χ2v) is 11.2. The number of likely N-dealkylation sites (tertiary alicyclic amines) is 1. The van der Waals surface area contributed by atoms with Crippen molar-refractivity contribution >= 4 is 5.91 Å². The largest absolute Gasteiger partial charge is 0.493 e. The molecule has 40 heavy (non-hydrogen) atoms. The fourth-order valence-electron chi connectivity index (χ4n) is 5.62. The number of rotatable bonds is 11. The molecule has 1 saturated carbocycles. The van der Waals surface area contributed by atoms with Crippen molar-refractivity contribution in [3.63, 3.8) is 0 Å². The number of carbonyl (C=O) groups excluding carboxylic acids is 1. The van der Waals surface area contributed by atoms with E-state index < -0.39 is 0 Å². The maximum absolute atomic E-state index is 13.1. The van der Waals surface area contributed by atoms with E-state index in [-0.39, 0.29) is 11.8 Å². The third kappa shape index (κ3) is 6.48. The van der Waals surface area contributed by atoms with Gasteiger partial charge in [0.25, 0.3) is 5.91 Å². The molecule has 0 atom stereocenters. The zero-order chi connectivity index (χ0) is 27.3. The first-order valence-electron chi connectivity index (χ1n) is 14.6. The number of morpholine rings is 1. The summed E-state index contributed by atoms with van der Waals surface area (Å²) in [4.78, 5) is 21.8. The number of hydrogen-bond acceptors (Lipinski definition) is 6. The highest BCUT2D eigenvalue weighted by atomic mass is 16.5. The van der Waals surface area contributed by atoms with Crippen molar-refractivity contribution in [2.45, 2.75) is 44.1 Å². The number of aromatic nitrogens is 1. The topological polar surface area (TPSA) is 64.1 Å². The average molecular weight is 542 g/mol. The molecule has 3 heterocycles. The van der Waals surface area contributed by atoms with Crippen molar-refractivity contribution in [3.8, 4) is 11.5 Å². The van der Waals surface area contributed by atoms with Crippen molar-refractivity contribution < 1.29 is 19.0 Å². The minimum Gasteiger partial charge on any atom is -0.493 e. The van der Waals surface area contributed by atoms with Gasteiger partial charge in [0.1, 0.15) is 12.3 Å². The number of pyridine rings is 1. The first kappa shape index (κ1) is 26.8. The zero-order valence-electron chi connectivity index (χ0n) is 23.4. The van der Waals surface area contributed by atoms with Crippen LogP contribution >= 0.6 is 0 Å². The Hall–Kier alpha value is -3.42. The molecule has 1 aromatic heterocycles. The van der Waals surface area contributed by atoms with Crippen LogP contribution in [0.5, 0.6) is 11.5 Å². The second-order valence-electron chi connectivity index (χ2n) is 11.2. The Balaban J connectivity index is 0.995. The molecule has 3 aliphatic rings. The van der Waals surface area contributed by atoms with E-state index in [9.17, 15) is 4.79 Å². The lowest BCUT2D eigenvalue weighted by Gasteiger charge is -2.39. The van der Waals surface area contributed by atoms with Crippen LogP contribution in [0.25, 0.3) is 0 Å². The number of amides is 1. The molecule has 1 amide bonds. The van der Waals surface area contributed by atoms with E-state index in [1.807, 2.05) is 29.2 Å². The van der Waals surface area contributed by atoms with Crippen LogP contribution in [-0.2, 0) is 17.8 Å². The lowest BCUT2D eigenvalue weighted by molar-refractivity contribution is 0.0374. The molecule has 0 N–H and O–H groups in total. The van der Waals surface area contributed by atoms with E-state index in [4.69, 9.17) is 14.2 Å². The number of hydrogen-bond donors (Lipinski definition) is 0. The number of nitrogens with zero attached hydrogens (tertiary/aromatic N) is 3. The van der Waals surface area contributed by atoms with Gasteiger partial charge in [-0.15, -0.1) is 0 Å². The Morgan fingerprint density at radius 1 is 0.925 bits per heavy atom. The Morgan fingerprint density at radius 2 is 1.70 bits per heavy atom. The van der Waals surface area contributed by atoms with Crippen molar-refractivity contribution in [1.29, 1.82) is 0 Å². The Morgan fingerprint density at radius 3 is 2.45 bits per heavy atom. The molecule has 0 bridgehead atoms. The molecule has 0 unspecified atom stereocenters. The van der Waals surface area contributed by atoms with E-state index in [0.29, 0.717) is 25.4 Å². The van der Waals surface area contributed by atoms with Gasteiger partial charge in [-0.25, -0.2) is 0 Å². The van der Waals surface area contributed by atoms with Crippen LogP contribution in [0, 0.1) is 0 Å². The molecule has 2 saturated heterocycles. The van der Waals surface area contributed by atoms with E-state index in [1.165, 1.54) is 24.0 Å². The summed E-state index contributed by atoms with van der Waals surface area (Å²) in [5, 5.41) is 0. The van der Waals surface area contributed by atoms with Crippen LogP contribution in [0.1, 0.15) is 63.8 Å². The van der Waals surface area contributed by atoms with E-state index in [0.717, 1.165) is 74.2 Å². The summed E-state index contributed by atoms with van der Waals surface area (Å²) in [5.41, 5.74) is 5.45. The van der Waals surface area contributed by atoms with Crippen molar-refractivity contribution in [3.05, 3.63) is 88.7 Å². The number of carbonyl (C=O) groups is 1. The fourth-order valence-corrected chi connectivity index (χ4v) is 5.62. The lowest BCUT2D eigenvalue weighted by atomic mass is 9.90. The van der Waals surface area contributed by atoms with Gasteiger partial charge in [-0.3, -0.25) is 14.7 Å².